The lowest BCUT2D eigenvalue weighted by Crippen LogP contribution is -2.22. The van der Waals surface area contributed by atoms with E-state index in [1.165, 1.54) is 0 Å². The molecule has 60 valence electrons. The van der Waals surface area contributed by atoms with Gasteiger partial charge in [0, 0.05) is 6.20 Å². The maximum Gasteiger partial charge on any atom is 0.456 e. The van der Waals surface area contributed by atoms with Gasteiger partial charge in [-0.15, -0.1) is 0 Å². The molecule has 0 aliphatic heterocycles. The van der Waals surface area contributed by atoms with Gasteiger partial charge in [-0.3, -0.25) is 4.79 Å². The van der Waals surface area contributed by atoms with E-state index in [2.05, 4.69) is 4.98 Å². The molecule has 0 aliphatic carbocycles. The number of rotatable bonds is 1. The summed E-state index contributed by atoms with van der Waals surface area (Å²) in [6.07, 6.45) is -3.86. The average molecular weight is 164 g/mol. The Kier molecular flexibility index (Phi) is 1.41. The Morgan fingerprint density at radius 1 is 1.64 bits per heavy atom. The summed E-state index contributed by atoms with van der Waals surface area (Å²) in [6, 6.07) is 0.679. The zero-order valence-electron chi connectivity index (χ0n) is 6.20. The largest absolute Gasteiger partial charge is 0.456 e. The number of aromatic amines is 1. The van der Waals surface area contributed by atoms with Crippen LogP contribution in [0.3, 0.4) is 0 Å². The zero-order valence-corrected chi connectivity index (χ0v) is 5.20. The molecule has 0 saturated carbocycles. The van der Waals surface area contributed by atoms with Crippen LogP contribution in [0.15, 0.2) is 18.3 Å². The van der Waals surface area contributed by atoms with Gasteiger partial charge in [0.1, 0.15) is 0 Å². The van der Waals surface area contributed by atoms with E-state index < -0.39 is 17.7 Å². The van der Waals surface area contributed by atoms with Crippen molar-refractivity contribution in [2.24, 2.45) is 0 Å². The number of carbonyl (C=O) groups excluding carboxylic acids is 1. The summed E-state index contributed by atoms with van der Waals surface area (Å²) in [6.45, 7) is 0. The Bertz CT molecular complexity index is 304. The molecule has 11 heavy (non-hydrogen) atoms. The fraction of sp³-hybridized carbons (Fsp3) is 0.167. The van der Waals surface area contributed by atoms with Gasteiger partial charge in [0.15, 0.2) is 0 Å². The first-order valence-electron chi connectivity index (χ1n) is 3.18. The lowest BCUT2D eigenvalue weighted by atomic mass is 10.3. The number of ketones is 1. The molecule has 0 fully saturated rings. The van der Waals surface area contributed by atoms with Gasteiger partial charge >= 0.3 is 6.18 Å². The third kappa shape index (κ3) is 1.60. The first-order valence-corrected chi connectivity index (χ1v) is 2.68. The maximum atomic E-state index is 11.7. The molecule has 0 unspecified atom stereocenters. The minimum atomic E-state index is -4.88. The highest BCUT2D eigenvalue weighted by atomic mass is 19.4. The summed E-state index contributed by atoms with van der Waals surface area (Å²) < 4.78 is 42.0. The SMILES string of the molecule is [2H]c1c[nH]c(C(=O)C(F)(F)F)c1. The summed E-state index contributed by atoms with van der Waals surface area (Å²) >= 11 is 0. The van der Waals surface area contributed by atoms with Crippen molar-refractivity contribution in [2.45, 2.75) is 6.18 Å². The summed E-state index contributed by atoms with van der Waals surface area (Å²) in [4.78, 5) is 12.5. The topological polar surface area (TPSA) is 32.9 Å². The Labute approximate surface area is 61.4 Å². The van der Waals surface area contributed by atoms with Gasteiger partial charge in [0.25, 0.3) is 5.78 Å². The number of nitrogens with one attached hydrogen (secondary N) is 1. The quantitative estimate of drug-likeness (QED) is 0.630. The van der Waals surface area contributed by atoms with Crippen LogP contribution in [0.4, 0.5) is 13.2 Å². The summed E-state index contributed by atoms with van der Waals surface area (Å²) in [5.41, 5.74) is -0.604. The Morgan fingerprint density at radius 2 is 2.27 bits per heavy atom. The molecule has 0 aliphatic rings. The molecule has 0 saturated heterocycles. The van der Waals surface area contributed by atoms with Crippen LogP contribution in [0.5, 0.6) is 0 Å². The normalized spacial score (nSPS) is 12.8. The van der Waals surface area contributed by atoms with E-state index in [4.69, 9.17) is 1.37 Å². The van der Waals surface area contributed by atoms with Gasteiger partial charge in [-0.05, 0) is 12.1 Å². The third-order valence-corrected chi connectivity index (χ3v) is 1.04. The number of H-pyrrole nitrogens is 1. The van der Waals surface area contributed by atoms with Crippen molar-refractivity contribution in [3.05, 3.63) is 24.0 Å². The van der Waals surface area contributed by atoms with Gasteiger partial charge in [-0.1, -0.05) is 0 Å². The molecule has 1 rings (SSSR count). The van der Waals surface area contributed by atoms with Crippen LogP contribution in [0, 0.1) is 0 Å². The van der Waals surface area contributed by atoms with Gasteiger partial charge < -0.3 is 4.98 Å². The standard InChI is InChI=1S/C6H4F3NO/c7-6(8,9)5(11)4-2-1-3-10-4/h1-3,10H/i1D. The fourth-order valence-electron chi connectivity index (χ4n) is 0.570. The molecular weight excluding hydrogens is 159 g/mol. The molecule has 2 nitrogen and oxygen atoms in total. The van der Waals surface area contributed by atoms with Gasteiger partial charge in [-0.2, -0.15) is 13.2 Å². The highest BCUT2D eigenvalue weighted by molar-refractivity contribution is 5.98. The minimum absolute atomic E-state index is 0.150. The van der Waals surface area contributed by atoms with E-state index in [-0.39, 0.29) is 6.04 Å². The van der Waals surface area contributed by atoms with Crippen molar-refractivity contribution in [1.29, 1.82) is 0 Å². The maximum absolute atomic E-state index is 11.7. The number of hydrogen-bond acceptors (Lipinski definition) is 1. The number of hydrogen-bond donors (Lipinski definition) is 1. The number of aromatic nitrogens is 1. The Morgan fingerprint density at radius 3 is 2.64 bits per heavy atom. The second-order valence-corrected chi connectivity index (χ2v) is 1.84. The molecule has 1 N–H and O–H groups in total. The molecule has 0 aromatic carbocycles. The van der Waals surface area contributed by atoms with Crippen LogP contribution in [-0.2, 0) is 0 Å². The predicted octanol–water partition coefficient (Wildman–Crippen LogP) is 1.76. The lowest BCUT2D eigenvalue weighted by molar-refractivity contribution is -0.0887. The summed E-state index contributed by atoms with van der Waals surface area (Å²) in [5.74, 6) is -1.96. The van der Waals surface area contributed by atoms with Gasteiger partial charge in [0.05, 0.1) is 7.06 Å². The Hall–Kier alpha value is -1.26. The molecule has 0 atom stereocenters. The molecule has 5 heteroatoms. The minimum Gasteiger partial charge on any atom is -0.359 e. The van der Waals surface area contributed by atoms with E-state index in [1.807, 2.05) is 0 Å². The van der Waals surface area contributed by atoms with E-state index in [0.717, 1.165) is 12.3 Å². The van der Waals surface area contributed by atoms with Crippen molar-refractivity contribution >= 4 is 5.78 Å². The first kappa shape index (κ1) is 6.45. The molecule has 0 bridgehead atoms. The van der Waals surface area contributed by atoms with Crippen molar-refractivity contribution in [3.8, 4) is 0 Å². The summed E-state index contributed by atoms with van der Waals surface area (Å²) in [5, 5.41) is 0. The van der Waals surface area contributed by atoms with Crippen LogP contribution in [0.25, 0.3) is 0 Å². The lowest BCUT2D eigenvalue weighted by Gasteiger charge is -2.01. The highest BCUT2D eigenvalue weighted by Crippen LogP contribution is 2.19. The second-order valence-electron chi connectivity index (χ2n) is 1.84. The Balaban J connectivity index is 2.93. The second kappa shape index (κ2) is 2.41. The van der Waals surface area contributed by atoms with Gasteiger partial charge in [-0.25, -0.2) is 0 Å². The predicted molar refractivity (Wildman–Crippen MR) is 31.2 cm³/mol. The van der Waals surface area contributed by atoms with E-state index in [1.54, 1.807) is 0 Å². The van der Waals surface area contributed by atoms with Crippen LogP contribution < -0.4 is 0 Å². The molecule has 0 spiro atoms. The van der Waals surface area contributed by atoms with Crippen molar-refractivity contribution in [1.82, 2.24) is 4.98 Å². The number of halogens is 3. The van der Waals surface area contributed by atoms with Crippen molar-refractivity contribution in [3.63, 3.8) is 0 Å². The fourth-order valence-corrected chi connectivity index (χ4v) is 0.570. The first-order chi connectivity index (χ1) is 5.41. The van der Waals surface area contributed by atoms with E-state index in [0.29, 0.717) is 0 Å². The van der Waals surface area contributed by atoms with Crippen molar-refractivity contribution in [2.75, 3.05) is 0 Å². The zero-order chi connectivity index (χ0) is 9.35. The highest BCUT2D eigenvalue weighted by Gasteiger charge is 2.39. The number of alkyl halides is 3. The van der Waals surface area contributed by atoms with Crippen molar-refractivity contribution < 1.29 is 19.3 Å². The van der Waals surface area contributed by atoms with E-state index in [9.17, 15) is 18.0 Å². The smallest absolute Gasteiger partial charge is 0.359 e. The number of carbonyl (C=O) groups is 1. The molecule has 1 heterocycles. The molecular formula is C6H4F3NO. The van der Waals surface area contributed by atoms with Gasteiger partial charge in [0.2, 0.25) is 0 Å². The monoisotopic (exact) mass is 164 g/mol. The molecule has 0 amide bonds. The molecule has 1 aromatic heterocycles. The van der Waals surface area contributed by atoms with Crippen LogP contribution in [-0.4, -0.2) is 16.9 Å². The van der Waals surface area contributed by atoms with Crippen LogP contribution in [0.2, 0.25) is 0 Å². The average Bonchev–Trinajstić information content (AvgIpc) is 2.32. The third-order valence-electron chi connectivity index (χ3n) is 1.04. The van der Waals surface area contributed by atoms with Crippen LogP contribution >= 0.6 is 0 Å². The molecule has 0 radical (unpaired) electrons. The van der Waals surface area contributed by atoms with E-state index >= 15 is 0 Å². The summed E-state index contributed by atoms with van der Waals surface area (Å²) in [7, 11) is 0. The van der Waals surface area contributed by atoms with Crippen LogP contribution in [0.1, 0.15) is 11.9 Å². The molecule has 1 aromatic rings. The number of Topliss-reactive ketones (excluding diaryl/α,β-unsaturated/α-hetero) is 1.